The van der Waals surface area contributed by atoms with Gasteiger partial charge in [0.2, 0.25) is 0 Å². The van der Waals surface area contributed by atoms with Crippen molar-refractivity contribution < 1.29 is 19.0 Å². The van der Waals surface area contributed by atoms with Gasteiger partial charge in [-0.25, -0.2) is 14.4 Å². The Morgan fingerprint density at radius 2 is 1.75 bits per heavy atom. The first-order chi connectivity index (χ1) is 17.1. The van der Waals surface area contributed by atoms with Gasteiger partial charge in [-0.1, -0.05) is 45.0 Å². The Hall–Kier alpha value is -4.27. The maximum Gasteiger partial charge on any atom is 0.322 e. The first-order valence-electron chi connectivity index (χ1n) is 11.5. The number of aliphatic carboxylic acids is 1. The summed E-state index contributed by atoms with van der Waals surface area (Å²) in [5, 5.41) is 10.1. The average Bonchev–Trinajstić information content (AvgIpc) is 3.22. The number of nitrogens with zero attached hydrogens (tertiary/aromatic N) is 4. The molecule has 36 heavy (non-hydrogen) atoms. The summed E-state index contributed by atoms with van der Waals surface area (Å²) in [6, 6.07) is 15.0. The van der Waals surface area contributed by atoms with Gasteiger partial charge in [0.15, 0.2) is 5.95 Å². The number of hydrogen-bond donors (Lipinski definition) is 2. The molecule has 0 radical (unpaired) electrons. The standard InChI is InChI=1S/C27H28FN5O3/c1-27(2,3)23(24(34)35)22(18-6-8-19(28)9-7-18)21-12-13-31-26(32-21)36-20-10-4-17(5-11-20)16-33-15-14-30-25(33)29/h4-15,22-23H,16H2,1-3H3,(H2,29,30)(H,34,35). The minimum absolute atomic E-state index is 0.0873. The van der Waals surface area contributed by atoms with Gasteiger partial charge >= 0.3 is 12.0 Å². The Balaban J connectivity index is 1.62. The summed E-state index contributed by atoms with van der Waals surface area (Å²) in [5.41, 5.74) is 7.35. The maximum atomic E-state index is 13.6. The number of imidazole rings is 1. The number of carboxylic acid groups (broad SMARTS) is 1. The number of rotatable bonds is 8. The Morgan fingerprint density at radius 3 is 2.33 bits per heavy atom. The lowest BCUT2D eigenvalue weighted by molar-refractivity contribution is -0.146. The largest absolute Gasteiger partial charge is 0.481 e. The zero-order valence-corrected chi connectivity index (χ0v) is 20.3. The van der Waals surface area contributed by atoms with Crippen LogP contribution in [0.15, 0.2) is 73.2 Å². The summed E-state index contributed by atoms with van der Waals surface area (Å²) in [4.78, 5) is 25.2. The van der Waals surface area contributed by atoms with Gasteiger partial charge in [-0.05, 0) is 46.9 Å². The van der Waals surface area contributed by atoms with Gasteiger partial charge in [0.1, 0.15) is 11.6 Å². The molecule has 0 saturated carbocycles. The number of carboxylic acids is 1. The van der Waals surface area contributed by atoms with E-state index in [1.54, 1.807) is 42.7 Å². The predicted molar refractivity (Wildman–Crippen MR) is 133 cm³/mol. The monoisotopic (exact) mass is 489 g/mol. The summed E-state index contributed by atoms with van der Waals surface area (Å²) in [5.74, 6) is -1.88. The minimum atomic E-state index is -0.966. The smallest absolute Gasteiger partial charge is 0.322 e. The Morgan fingerprint density at radius 1 is 1.06 bits per heavy atom. The number of nitrogen functional groups attached to an aromatic ring is 1. The van der Waals surface area contributed by atoms with Crippen LogP contribution >= 0.6 is 0 Å². The third-order valence-electron chi connectivity index (χ3n) is 5.97. The van der Waals surface area contributed by atoms with Gasteiger partial charge in [0, 0.05) is 24.5 Å². The van der Waals surface area contributed by atoms with Gasteiger partial charge in [0.05, 0.1) is 18.2 Å². The van der Waals surface area contributed by atoms with Gasteiger partial charge < -0.3 is 20.1 Å². The Labute approximate surface area is 208 Å². The zero-order chi connectivity index (χ0) is 25.9. The van der Waals surface area contributed by atoms with Gasteiger partial charge in [-0.15, -0.1) is 0 Å². The maximum absolute atomic E-state index is 13.6. The van der Waals surface area contributed by atoms with E-state index in [4.69, 9.17) is 10.5 Å². The molecule has 4 rings (SSSR count). The molecule has 0 saturated heterocycles. The lowest BCUT2D eigenvalue weighted by Crippen LogP contribution is -2.35. The fourth-order valence-electron chi connectivity index (χ4n) is 4.23. The number of benzene rings is 2. The molecule has 9 heteroatoms. The van der Waals surface area contributed by atoms with Crippen LogP contribution in [0.25, 0.3) is 0 Å². The van der Waals surface area contributed by atoms with Crippen LogP contribution in [0.4, 0.5) is 10.3 Å². The summed E-state index contributed by atoms with van der Waals surface area (Å²) >= 11 is 0. The van der Waals surface area contributed by atoms with Crippen molar-refractivity contribution >= 4 is 11.9 Å². The highest BCUT2D eigenvalue weighted by atomic mass is 19.1. The fourth-order valence-corrected chi connectivity index (χ4v) is 4.23. The zero-order valence-electron chi connectivity index (χ0n) is 20.3. The van der Waals surface area contributed by atoms with Crippen molar-refractivity contribution in [1.29, 1.82) is 0 Å². The van der Waals surface area contributed by atoms with Gasteiger partial charge in [0.25, 0.3) is 0 Å². The first kappa shape index (κ1) is 24.8. The third kappa shape index (κ3) is 5.68. The van der Waals surface area contributed by atoms with E-state index in [1.807, 2.05) is 37.5 Å². The molecular formula is C27H28FN5O3. The van der Waals surface area contributed by atoms with Crippen LogP contribution in [0.2, 0.25) is 0 Å². The highest BCUT2D eigenvalue weighted by molar-refractivity contribution is 5.73. The Kier molecular flexibility index (Phi) is 7.00. The van der Waals surface area contributed by atoms with Crippen molar-refractivity contribution in [3.63, 3.8) is 0 Å². The second kappa shape index (κ2) is 10.2. The number of hydrogen-bond acceptors (Lipinski definition) is 6. The van der Waals surface area contributed by atoms with Crippen molar-refractivity contribution in [2.75, 3.05) is 5.73 Å². The molecular weight excluding hydrogens is 461 g/mol. The molecule has 0 fully saturated rings. The summed E-state index contributed by atoms with van der Waals surface area (Å²) in [7, 11) is 0. The second-order valence-corrected chi connectivity index (χ2v) is 9.63. The number of halogens is 1. The summed E-state index contributed by atoms with van der Waals surface area (Å²) < 4.78 is 21.3. The van der Waals surface area contributed by atoms with Crippen molar-refractivity contribution in [3.05, 3.63) is 95.8 Å². The molecule has 8 nitrogen and oxygen atoms in total. The number of carbonyl (C=O) groups is 1. The summed E-state index contributed by atoms with van der Waals surface area (Å²) in [6.07, 6.45) is 4.98. The molecule has 2 atom stereocenters. The molecule has 0 aliphatic rings. The molecule has 2 unspecified atom stereocenters. The van der Waals surface area contributed by atoms with Gasteiger partial charge in [-0.3, -0.25) is 4.79 Å². The van der Waals surface area contributed by atoms with E-state index in [0.29, 0.717) is 29.5 Å². The van der Waals surface area contributed by atoms with E-state index in [9.17, 15) is 14.3 Å². The molecule has 2 heterocycles. The highest BCUT2D eigenvalue weighted by Gasteiger charge is 2.40. The molecule has 2 aromatic heterocycles. The number of ether oxygens (including phenoxy) is 1. The van der Waals surface area contributed by atoms with Crippen molar-refractivity contribution in [2.45, 2.75) is 33.2 Å². The van der Waals surface area contributed by atoms with Crippen LogP contribution in [-0.2, 0) is 11.3 Å². The van der Waals surface area contributed by atoms with E-state index in [1.165, 1.54) is 18.3 Å². The number of anilines is 1. The number of nitrogens with two attached hydrogens (primary N) is 1. The molecule has 3 N–H and O–H groups in total. The molecule has 4 aromatic rings. The van der Waals surface area contributed by atoms with Crippen LogP contribution in [-0.4, -0.2) is 30.6 Å². The van der Waals surface area contributed by atoms with Crippen LogP contribution in [0.3, 0.4) is 0 Å². The molecule has 186 valence electrons. The molecule has 2 aromatic carbocycles. The lowest BCUT2D eigenvalue weighted by Gasteiger charge is -2.34. The van der Waals surface area contributed by atoms with E-state index in [-0.39, 0.29) is 6.01 Å². The quantitative estimate of drug-likeness (QED) is 0.353. The molecule has 0 aliphatic heterocycles. The summed E-state index contributed by atoms with van der Waals surface area (Å²) in [6.45, 7) is 6.15. The molecule has 0 spiro atoms. The van der Waals surface area contributed by atoms with Crippen LogP contribution in [0.5, 0.6) is 11.8 Å². The first-order valence-corrected chi connectivity index (χ1v) is 11.5. The van der Waals surface area contributed by atoms with E-state index in [2.05, 4.69) is 15.0 Å². The Bertz CT molecular complexity index is 1330. The van der Waals surface area contributed by atoms with E-state index < -0.39 is 29.0 Å². The minimum Gasteiger partial charge on any atom is -0.481 e. The van der Waals surface area contributed by atoms with E-state index in [0.717, 1.165) is 5.56 Å². The topological polar surface area (TPSA) is 116 Å². The van der Waals surface area contributed by atoms with Crippen LogP contribution < -0.4 is 10.5 Å². The fraction of sp³-hybridized carbons (Fsp3) is 0.259. The van der Waals surface area contributed by atoms with Crippen molar-refractivity contribution in [2.24, 2.45) is 11.3 Å². The van der Waals surface area contributed by atoms with Crippen molar-refractivity contribution in [1.82, 2.24) is 19.5 Å². The van der Waals surface area contributed by atoms with Crippen LogP contribution in [0.1, 0.15) is 43.5 Å². The SMILES string of the molecule is CC(C)(C)C(C(=O)O)C(c1ccc(F)cc1)c1ccnc(Oc2ccc(Cn3ccnc3N)cc2)n1. The lowest BCUT2D eigenvalue weighted by atomic mass is 9.69. The van der Waals surface area contributed by atoms with Gasteiger partial charge in [-0.2, -0.15) is 4.98 Å². The number of aromatic nitrogens is 4. The normalized spacial score (nSPS) is 13.2. The third-order valence-corrected chi connectivity index (χ3v) is 5.97. The molecule has 0 aliphatic carbocycles. The second-order valence-electron chi connectivity index (χ2n) is 9.63. The highest BCUT2D eigenvalue weighted by Crippen LogP contribution is 2.42. The van der Waals surface area contributed by atoms with Crippen LogP contribution in [0, 0.1) is 17.2 Å². The van der Waals surface area contributed by atoms with Crippen molar-refractivity contribution in [3.8, 4) is 11.8 Å². The average molecular weight is 490 g/mol. The molecule has 0 amide bonds. The van der Waals surface area contributed by atoms with E-state index >= 15 is 0 Å². The predicted octanol–water partition coefficient (Wildman–Crippen LogP) is 5.11. The molecule has 0 bridgehead atoms.